The molecule has 4 unspecified atom stereocenters. The van der Waals surface area contributed by atoms with Crippen molar-refractivity contribution in [3.8, 4) is 0 Å². The Morgan fingerprint density at radius 3 is 1.33 bits per heavy atom. The second-order valence-corrected chi connectivity index (χ2v) is 9.96. The third-order valence-corrected chi connectivity index (χ3v) is 8.52. The molecule has 4 atom stereocenters. The maximum absolute atomic E-state index is 4.87. The Kier molecular flexibility index (Phi) is 3.79. The van der Waals surface area contributed by atoms with Gasteiger partial charge in [-0.2, -0.15) is 0 Å². The Labute approximate surface area is 178 Å². The first-order chi connectivity index (χ1) is 14.9. The average molecular weight is 399 g/mol. The average Bonchev–Trinajstić information content (AvgIpc) is 3.18. The summed E-state index contributed by atoms with van der Waals surface area (Å²) < 4.78 is 0. The maximum Gasteiger partial charge on any atom is 0.0986 e. The van der Waals surface area contributed by atoms with Crippen molar-refractivity contribution in [1.29, 1.82) is 0 Å². The minimum Gasteiger partial charge on any atom is -0.365 e. The molecule has 2 aromatic heterocycles. The van der Waals surface area contributed by atoms with Crippen molar-refractivity contribution >= 4 is 33.2 Å². The van der Waals surface area contributed by atoms with Gasteiger partial charge in [0.05, 0.1) is 11.0 Å². The zero-order valence-electron chi connectivity index (χ0n) is 17.6. The number of rotatable bonds is 2. The van der Waals surface area contributed by atoms with Crippen LogP contribution in [0.1, 0.15) is 64.2 Å². The number of piperidine rings is 2. The molecule has 4 saturated heterocycles. The van der Waals surface area contributed by atoms with E-state index in [-0.39, 0.29) is 0 Å². The molecule has 3 aromatic rings. The van der Waals surface area contributed by atoms with Crippen LogP contribution >= 0.6 is 0 Å². The van der Waals surface area contributed by atoms with Gasteiger partial charge < -0.3 is 9.80 Å². The van der Waals surface area contributed by atoms with Crippen LogP contribution in [0.15, 0.2) is 36.7 Å². The van der Waals surface area contributed by atoms with E-state index in [0.717, 1.165) is 11.0 Å². The van der Waals surface area contributed by atoms with Gasteiger partial charge in [0, 0.05) is 58.7 Å². The third-order valence-electron chi connectivity index (χ3n) is 8.52. The minimum absolute atomic E-state index is 0.716. The van der Waals surface area contributed by atoms with Gasteiger partial charge in [0.2, 0.25) is 0 Å². The number of fused-ring (bicyclic) bond motifs is 7. The number of aromatic nitrogens is 2. The monoisotopic (exact) mass is 398 g/mol. The fourth-order valence-corrected chi connectivity index (χ4v) is 7.27. The van der Waals surface area contributed by atoms with Gasteiger partial charge >= 0.3 is 0 Å². The number of benzene rings is 1. The zero-order chi connectivity index (χ0) is 19.7. The van der Waals surface area contributed by atoms with Gasteiger partial charge in [-0.3, -0.25) is 9.97 Å². The second kappa shape index (κ2) is 6.57. The fraction of sp³-hybridized carbons (Fsp3) is 0.538. The van der Waals surface area contributed by atoms with E-state index in [4.69, 9.17) is 9.97 Å². The van der Waals surface area contributed by atoms with E-state index in [1.807, 2.05) is 12.4 Å². The molecule has 154 valence electrons. The molecule has 4 aliphatic heterocycles. The Bertz CT molecular complexity index is 1000. The van der Waals surface area contributed by atoms with Crippen molar-refractivity contribution in [1.82, 2.24) is 9.97 Å². The van der Waals surface area contributed by atoms with Gasteiger partial charge in [0.1, 0.15) is 0 Å². The summed E-state index contributed by atoms with van der Waals surface area (Å²) in [5.41, 5.74) is 4.95. The van der Waals surface area contributed by atoms with Crippen molar-refractivity contribution in [2.24, 2.45) is 0 Å². The van der Waals surface area contributed by atoms with Crippen LogP contribution in [0.25, 0.3) is 21.8 Å². The van der Waals surface area contributed by atoms with Crippen LogP contribution < -0.4 is 9.80 Å². The second-order valence-electron chi connectivity index (χ2n) is 9.96. The number of hydrogen-bond acceptors (Lipinski definition) is 4. The van der Waals surface area contributed by atoms with Gasteiger partial charge in [-0.05, 0) is 88.5 Å². The molecule has 0 radical (unpaired) electrons. The quantitative estimate of drug-likeness (QED) is 0.509. The summed E-state index contributed by atoms with van der Waals surface area (Å²) >= 11 is 0. The van der Waals surface area contributed by atoms with Crippen LogP contribution in [0, 0.1) is 0 Å². The number of pyridine rings is 2. The van der Waals surface area contributed by atoms with Gasteiger partial charge in [-0.15, -0.1) is 0 Å². The van der Waals surface area contributed by atoms with Crippen LogP contribution in [-0.2, 0) is 0 Å². The van der Waals surface area contributed by atoms with Crippen molar-refractivity contribution in [3.63, 3.8) is 0 Å². The van der Waals surface area contributed by atoms with E-state index in [0.29, 0.717) is 24.2 Å². The highest BCUT2D eigenvalue weighted by Gasteiger charge is 2.38. The number of hydrogen-bond donors (Lipinski definition) is 0. The van der Waals surface area contributed by atoms with E-state index in [2.05, 4.69) is 34.1 Å². The molecule has 30 heavy (non-hydrogen) atoms. The Balaban J connectivity index is 1.40. The van der Waals surface area contributed by atoms with Crippen LogP contribution in [-0.4, -0.2) is 34.1 Å². The molecule has 0 spiro atoms. The van der Waals surface area contributed by atoms with Gasteiger partial charge in [-0.1, -0.05) is 0 Å². The topological polar surface area (TPSA) is 32.3 Å². The zero-order valence-corrected chi connectivity index (χ0v) is 17.6. The van der Waals surface area contributed by atoms with Crippen LogP contribution in [0.5, 0.6) is 0 Å². The first-order valence-corrected chi connectivity index (χ1v) is 12.1. The lowest BCUT2D eigenvalue weighted by Gasteiger charge is -2.38. The van der Waals surface area contributed by atoms with Crippen molar-refractivity contribution in [3.05, 3.63) is 36.7 Å². The molecule has 4 bridgehead atoms. The maximum atomic E-state index is 4.87. The molecule has 4 fully saturated rings. The fourth-order valence-electron chi connectivity index (χ4n) is 7.27. The van der Waals surface area contributed by atoms with E-state index in [1.165, 1.54) is 86.4 Å². The number of anilines is 2. The van der Waals surface area contributed by atoms with E-state index in [9.17, 15) is 0 Å². The van der Waals surface area contributed by atoms with Crippen LogP contribution in [0.4, 0.5) is 11.4 Å². The highest BCUT2D eigenvalue weighted by molar-refractivity contribution is 6.10. The molecule has 4 nitrogen and oxygen atoms in total. The van der Waals surface area contributed by atoms with Crippen molar-refractivity contribution < 1.29 is 0 Å². The molecule has 0 amide bonds. The Morgan fingerprint density at radius 2 is 0.933 bits per heavy atom. The van der Waals surface area contributed by atoms with E-state index >= 15 is 0 Å². The highest BCUT2D eigenvalue weighted by atomic mass is 15.2. The highest BCUT2D eigenvalue weighted by Crippen LogP contribution is 2.45. The molecule has 1 aromatic carbocycles. The van der Waals surface area contributed by atoms with E-state index < -0.39 is 0 Å². The van der Waals surface area contributed by atoms with E-state index in [1.54, 1.807) is 0 Å². The lowest BCUT2D eigenvalue weighted by atomic mass is 9.98. The van der Waals surface area contributed by atoms with Crippen LogP contribution in [0.2, 0.25) is 0 Å². The van der Waals surface area contributed by atoms with Crippen LogP contribution in [0.3, 0.4) is 0 Å². The third kappa shape index (κ3) is 2.39. The summed E-state index contributed by atoms with van der Waals surface area (Å²) in [7, 11) is 0. The summed E-state index contributed by atoms with van der Waals surface area (Å²) in [5, 5.41) is 2.57. The van der Waals surface area contributed by atoms with Crippen molar-refractivity contribution in [2.75, 3.05) is 9.80 Å². The summed E-state index contributed by atoms with van der Waals surface area (Å²) in [5.74, 6) is 0. The molecule has 0 aliphatic carbocycles. The molecule has 4 aliphatic rings. The molecular formula is C26H30N4. The SMILES string of the molecule is c1cc(N2C3CCCC2CC3)c2ccc3c(N4C5CCCC4CC5)ccnc3c2n1. The Hall–Kier alpha value is -2.36. The molecular weight excluding hydrogens is 368 g/mol. The first-order valence-electron chi connectivity index (χ1n) is 12.1. The molecule has 4 heteroatoms. The minimum atomic E-state index is 0.716. The van der Waals surface area contributed by atoms with Crippen molar-refractivity contribution in [2.45, 2.75) is 88.4 Å². The summed E-state index contributed by atoms with van der Waals surface area (Å²) in [4.78, 5) is 15.2. The number of nitrogens with zero attached hydrogens (tertiary/aromatic N) is 4. The smallest absolute Gasteiger partial charge is 0.0986 e. The molecule has 7 rings (SSSR count). The summed E-state index contributed by atoms with van der Waals surface area (Å²) in [6.45, 7) is 0. The molecule has 0 N–H and O–H groups in total. The largest absolute Gasteiger partial charge is 0.365 e. The van der Waals surface area contributed by atoms with Gasteiger partial charge in [-0.25, -0.2) is 0 Å². The Morgan fingerprint density at radius 1 is 0.533 bits per heavy atom. The standard InChI is InChI=1S/C26H30N4/c1-3-17-7-8-18(4-1)29(17)23-13-15-27-25-21(23)11-12-22-24(14-16-28-26(22)25)30-19-5-2-6-20(30)10-9-19/h11-20H,1-10H2. The van der Waals surface area contributed by atoms with Gasteiger partial charge in [0.15, 0.2) is 0 Å². The lowest BCUT2D eigenvalue weighted by Crippen LogP contribution is -2.40. The summed E-state index contributed by atoms with van der Waals surface area (Å²) in [6.07, 6.45) is 17.6. The lowest BCUT2D eigenvalue weighted by molar-refractivity contribution is 0.469. The predicted octanol–water partition coefficient (Wildman–Crippen LogP) is 5.83. The predicted molar refractivity (Wildman–Crippen MR) is 123 cm³/mol. The summed E-state index contributed by atoms with van der Waals surface area (Å²) in [6, 6.07) is 12.0. The van der Waals surface area contributed by atoms with Gasteiger partial charge in [0.25, 0.3) is 0 Å². The first kappa shape index (κ1) is 17.3. The molecule has 6 heterocycles. The normalized spacial score (nSPS) is 30.5. The molecule has 0 saturated carbocycles.